The Balaban J connectivity index is 2.03. The summed E-state index contributed by atoms with van der Waals surface area (Å²) in [5, 5.41) is 11.0. The first-order chi connectivity index (χ1) is 9.06. The number of hydrogen-bond acceptors (Lipinski definition) is 4. The zero-order valence-corrected chi connectivity index (χ0v) is 11.9. The molecule has 1 fully saturated rings. The van der Waals surface area contributed by atoms with E-state index < -0.39 is 0 Å². The van der Waals surface area contributed by atoms with E-state index in [1.807, 2.05) is 19.9 Å². The van der Waals surface area contributed by atoms with Gasteiger partial charge in [-0.1, -0.05) is 6.92 Å². The van der Waals surface area contributed by atoms with Gasteiger partial charge in [-0.2, -0.15) is 0 Å². The first kappa shape index (κ1) is 13.8. The normalized spacial score (nSPS) is 19.6. The summed E-state index contributed by atoms with van der Waals surface area (Å²) in [5.41, 5.74) is 0.377. The second-order valence-electron chi connectivity index (χ2n) is 5.60. The molecule has 1 aromatic heterocycles. The maximum Gasteiger partial charge on any atom is 0.271 e. The fourth-order valence-corrected chi connectivity index (χ4v) is 2.35. The Bertz CT molecular complexity index is 430. The Morgan fingerprint density at radius 2 is 2.21 bits per heavy atom. The highest BCUT2D eigenvalue weighted by atomic mass is 16.2. The van der Waals surface area contributed by atoms with E-state index in [1.54, 1.807) is 6.07 Å². The van der Waals surface area contributed by atoms with Crippen LogP contribution in [-0.2, 0) is 0 Å². The fourth-order valence-electron chi connectivity index (χ4n) is 2.35. The van der Waals surface area contributed by atoms with E-state index in [9.17, 15) is 4.79 Å². The molecule has 1 saturated heterocycles. The molecule has 19 heavy (non-hydrogen) atoms. The van der Waals surface area contributed by atoms with Gasteiger partial charge in [-0.05, 0) is 44.7 Å². The molecule has 0 spiro atoms. The van der Waals surface area contributed by atoms with Gasteiger partial charge in [-0.15, -0.1) is 10.2 Å². The van der Waals surface area contributed by atoms with Crippen LogP contribution >= 0.6 is 0 Å². The number of amides is 1. The predicted molar refractivity (Wildman–Crippen MR) is 75.2 cm³/mol. The monoisotopic (exact) mass is 262 g/mol. The molecule has 1 atom stereocenters. The molecule has 0 radical (unpaired) electrons. The van der Waals surface area contributed by atoms with Crippen molar-refractivity contribution in [2.24, 2.45) is 5.92 Å². The minimum atomic E-state index is -0.166. The zero-order chi connectivity index (χ0) is 13.8. The zero-order valence-electron chi connectivity index (χ0n) is 11.9. The van der Waals surface area contributed by atoms with Crippen LogP contribution in [0.2, 0.25) is 0 Å². The van der Waals surface area contributed by atoms with Gasteiger partial charge < -0.3 is 10.2 Å². The largest absolute Gasteiger partial charge is 0.355 e. The predicted octanol–water partition coefficient (Wildman–Crippen LogP) is 1.85. The van der Waals surface area contributed by atoms with Crippen LogP contribution in [0.15, 0.2) is 12.1 Å². The van der Waals surface area contributed by atoms with Gasteiger partial charge >= 0.3 is 0 Å². The van der Waals surface area contributed by atoms with E-state index in [1.165, 1.54) is 12.8 Å². The molecule has 1 aromatic rings. The molecule has 1 amide bonds. The molecule has 1 aliphatic heterocycles. The Labute approximate surface area is 114 Å². The summed E-state index contributed by atoms with van der Waals surface area (Å²) in [4.78, 5) is 14.0. The Morgan fingerprint density at radius 3 is 2.79 bits per heavy atom. The van der Waals surface area contributed by atoms with Crippen molar-refractivity contribution < 1.29 is 4.79 Å². The number of anilines is 1. The van der Waals surface area contributed by atoms with Crippen LogP contribution in [0.5, 0.6) is 0 Å². The van der Waals surface area contributed by atoms with E-state index in [4.69, 9.17) is 0 Å². The van der Waals surface area contributed by atoms with Crippen molar-refractivity contribution >= 4 is 11.7 Å². The number of nitrogens with one attached hydrogen (secondary N) is 1. The molecule has 1 aliphatic rings. The molecule has 2 rings (SSSR count). The Hall–Kier alpha value is -1.65. The van der Waals surface area contributed by atoms with Crippen molar-refractivity contribution in [1.82, 2.24) is 15.5 Å². The van der Waals surface area contributed by atoms with Crippen LogP contribution in [0.3, 0.4) is 0 Å². The quantitative estimate of drug-likeness (QED) is 0.903. The van der Waals surface area contributed by atoms with E-state index in [0.29, 0.717) is 11.6 Å². The van der Waals surface area contributed by atoms with Crippen molar-refractivity contribution in [3.63, 3.8) is 0 Å². The molecule has 0 aromatic carbocycles. The van der Waals surface area contributed by atoms with Gasteiger partial charge in [0.1, 0.15) is 0 Å². The van der Waals surface area contributed by atoms with E-state index in [2.05, 4.69) is 27.3 Å². The molecule has 0 bridgehead atoms. The highest BCUT2D eigenvalue weighted by Gasteiger charge is 2.18. The van der Waals surface area contributed by atoms with Crippen molar-refractivity contribution in [3.05, 3.63) is 17.8 Å². The number of piperidine rings is 1. The third-order valence-corrected chi connectivity index (χ3v) is 3.28. The van der Waals surface area contributed by atoms with Crippen LogP contribution in [-0.4, -0.2) is 35.2 Å². The molecule has 2 heterocycles. The summed E-state index contributed by atoms with van der Waals surface area (Å²) < 4.78 is 0. The van der Waals surface area contributed by atoms with Gasteiger partial charge in [0.25, 0.3) is 5.91 Å². The molecule has 1 unspecified atom stereocenters. The van der Waals surface area contributed by atoms with Gasteiger partial charge in [0.15, 0.2) is 11.5 Å². The Morgan fingerprint density at radius 1 is 1.42 bits per heavy atom. The molecular weight excluding hydrogens is 240 g/mol. The highest BCUT2D eigenvalue weighted by molar-refractivity contribution is 5.92. The minimum Gasteiger partial charge on any atom is -0.355 e. The summed E-state index contributed by atoms with van der Waals surface area (Å²) in [6.07, 6.45) is 2.47. The van der Waals surface area contributed by atoms with Crippen molar-refractivity contribution in [3.8, 4) is 0 Å². The number of carbonyl (C=O) groups excluding carboxylic acids is 1. The van der Waals surface area contributed by atoms with Crippen LogP contribution in [0.1, 0.15) is 44.1 Å². The molecule has 104 valence electrons. The summed E-state index contributed by atoms with van der Waals surface area (Å²) in [5.74, 6) is 1.40. The summed E-state index contributed by atoms with van der Waals surface area (Å²) in [6, 6.07) is 3.75. The second-order valence-corrected chi connectivity index (χ2v) is 5.60. The molecule has 5 heteroatoms. The molecule has 0 aliphatic carbocycles. The topological polar surface area (TPSA) is 58.1 Å². The molecule has 5 nitrogen and oxygen atoms in total. The SMILES string of the molecule is CC1CCCN(c2ccc(C(=O)NC(C)C)nn2)C1. The van der Waals surface area contributed by atoms with E-state index in [-0.39, 0.29) is 11.9 Å². The number of nitrogens with zero attached hydrogens (tertiary/aromatic N) is 3. The van der Waals surface area contributed by atoms with Crippen molar-refractivity contribution in [2.45, 2.75) is 39.7 Å². The molecular formula is C14H22N4O. The second kappa shape index (κ2) is 5.99. The minimum absolute atomic E-state index is 0.108. The van der Waals surface area contributed by atoms with E-state index >= 15 is 0 Å². The third kappa shape index (κ3) is 3.66. The first-order valence-corrected chi connectivity index (χ1v) is 6.96. The summed E-state index contributed by atoms with van der Waals surface area (Å²) in [6.45, 7) is 8.15. The molecule has 0 saturated carbocycles. The summed E-state index contributed by atoms with van der Waals surface area (Å²) in [7, 11) is 0. The van der Waals surface area contributed by atoms with Gasteiger partial charge in [0.2, 0.25) is 0 Å². The third-order valence-electron chi connectivity index (χ3n) is 3.28. The number of hydrogen-bond donors (Lipinski definition) is 1. The van der Waals surface area contributed by atoms with Gasteiger partial charge in [0.05, 0.1) is 0 Å². The smallest absolute Gasteiger partial charge is 0.271 e. The van der Waals surface area contributed by atoms with Crippen molar-refractivity contribution in [2.75, 3.05) is 18.0 Å². The lowest BCUT2D eigenvalue weighted by Crippen LogP contribution is -2.35. The lowest BCUT2D eigenvalue weighted by atomic mass is 10.0. The summed E-state index contributed by atoms with van der Waals surface area (Å²) >= 11 is 0. The number of rotatable bonds is 3. The van der Waals surface area contributed by atoms with Crippen molar-refractivity contribution in [1.29, 1.82) is 0 Å². The van der Waals surface area contributed by atoms with Gasteiger partial charge in [-0.25, -0.2) is 0 Å². The standard InChI is InChI=1S/C14H22N4O/c1-10(2)15-14(19)12-6-7-13(17-16-12)18-8-4-5-11(3)9-18/h6-7,10-11H,4-5,8-9H2,1-3H3,(H,15,19). The fraction of sp³-hybridized carbons (Fsp3) is 0.643. The average molecular weight is 262 g/mol. The van der Waals surface area contributed by atoms with Crippen LogP contribution < -0.4 is 10.2 Å². The van der Waals surface area contributed by atoms with Crippen LogP contribution in [0, 0.1) is 5.92 Å². The highest BCUT2D eigenvalue weighted by Crippen LogP contribution is 2.20. The maximum absolute atomic E-state index is 11.8. The lowest BCUT2D eigenvalue weighted by molar-refractivity contribution is 0.0937. The van der Waals surface area contributed by atoms with Gasteiger partial charge in [-0.3, -0.25) is 4.79 Å². The maximum atomic E-state index is 11.8. The number of carbonyl (C=O) groups is 1. The van der Waals surface area contributed by atoms with Gasteiger partial charge in [0, 0.05) is 19.1 Å². The van der Waals surface area contributed by atoms with Crippen LogP contribution in [0.25, 0.3) is 0 Å². The Kier molecular flexibility index (Phi) is 4.35. The lowest BCUT2D eigenvalue weighted by Gasteiger charge is -2.31. The average Bonchev–Trinajstić information content (AvgIpc) is 2.38. The molecule has 1 N–H and O–H groups in total. The number of aromatic nitrogens is 2. The van der Waals surface area contributed by atoms with E-state index in [0.717, 1.165) is 18.9 Å². The first-order valence-electron chi connectivity index (χ1n) is 6.96. The van der Waals surface area contributed by atoms with Crippen LogP contribution in [0.4, 0.5) is 5.82 Å².